The van der Waals surface area contributed by atoms with Gasteiger partial charge >= 0.3 is 0 Å². The van der Waals surface area contributed by atoms with Gasteiger partial charge in [-0.15, -0.1) is 11.6 Å². The molecule has 0 bridgehead atoms. The lowest BCUT2D eigenvalue weighted by Crippen LogP contribution is -2.23. The average Bonchev–Trinajstić information content (AvgIpc) is 3.20. The zero-order valence-electron chi connectivity index (χ0n) is 10.5. The summed E-state index contributed by atoms with van der Waals surface area (Å²) in [6.45, 7) is 3.82. The van der Waals surface area contributed by atoms with Crippen LogP contribution in [0.3, 0.4) is 0 Å². The van der Waals surface area contributed by atoms with Gasteiger partial charge in [-0.1, -0.05) is 37.3 Å². The van der Waals surface area contributed by atoms with Crippen molar-refractivity contribution in [2.75, 3.05) is 12.5 Å². The highest BCUT2D eigenvalue weighted by molar-refractivity contribution is 6.18. The Balaban J connectivity index is 1.69. The molecule has 17 heavy (non-hydrogen) atoms. The van der Waals surface area contributed by atoms with E-state index in [1.165, 1.54) is 18.4 Å². The minimum absolute atomic E-state index is 0.290. The minimum atomic E-state index is 0.290. The first kappa shape index (κ1) is 12.9. The Bertz CT molecular complexity index is 334. The second kappa shape index (κ2) is 5.88. The zero-order chi connectivity index (χ0) is 12.1. The van der Waals surface area contributed by atoms with Crippen LogP contribution in [-0.4, -0.2) is 12.5 Å². The molecule has 2 heteroatoms. The summed E-state index contributed by atoms with van der Waals surface area (Å²) in [5, 5.41) is 0. The molecule has 1 atom stereocenters. The first-order valence-electron chi connectivity index (χ1n) is 6.42. The van der Waals surface area contributed by atoms with E-state index in [9.17, 15) is 0 Å². The zero-order valence-corrected chi connectivity index (χ0v) is 11.2. The van der Waals surface area contributed by atoms with Crippen molar-refractivity contribution in [3.8, 4) is 0 Å². The molecule has 1 aliphatic carbocycles. The lowest BCUT2D eigenvalue weighted by atomic mass is 9.84. The molecular weight excluding hydrogens is 232 g/mol. The monoisotopic (exact) mass is 252 g/mol. The van der Waals surface area contributed by atoms with Crippen molar-refractivity contribution in [2.45, 2.75) is 32.8 Å². The summed E-state index contributed by atoms with van der Waals surface area (Å²) < 4.78 is 5.74. The van der Waals surface area contributed by atoms with Crippen molar-refractivity contribution in [3.63, 3.8) is 0 Å². The van der Waals surface area contributed by atoms with Gasteiger partial charge in [0, 0.05) is 12.5 Å². The van der Waals surface area contributed by atoms with Gasteiger partial charge in [0.25, 0.3) is 0 Å². The number of hydrogen-bond acceptors (Lipinski definition) is 1. The molecular formula is C15H21ClO. The fourth-order valence-electron chi connectivity index (χ4n) is 2.23. The van der Waals surface area contributed by atoms with E-state index in [4.69, 9.17) is 16.3 Å². The van der Waals surface area contributed by atoms with Gasteiger partial charge in [0.15, 0.2) is 0 Å². The Morgan fingerprint density at radius 3 is 2.59 bits per heavy atom. The summed E-state index contributed by atoms with van der Waals surface area (Å²) in [6.07, 6.45) is 3.78. The van der Waals surface area contributed by atoms with E-state index in [2.05, 4.69) is 19.1 Å². The number of hydrogen-bond donors (Lipinski definition) is 0. The molecule has 94 valence electrons. The van der Waals surface area contributed by atoms with Crippen LogP contribution in [0.2, 0.25) is 0 Å². The van der Waals surface area contributed by atoms with Gasteiger partial charge in [0.2, 0.25) is 0 Å². The molecule has 0 amide bonds. The van der Waals surface area contributed by atoms with Crippen LogP contribution in [0.15, 0.2) is 30.3 Å². The maximum atomic E-state index is 6.08. The van der Waals surface area contributed by atoms with E-state index in [1.807, 2.05) is 18.2 Å². The highest BCUT2D eigenvalue weighted by atomic mass is 35.5. The van der Waals surface area contributed by atoms with Crippen LogP contribution in [0.1, 0.15) is 31.7 Å². The van der Waals surface area contributed by atoms with Gasteiger partial charge in [-0.25, -0.2) is 0 Å². The molecule has 0 radical (unpaired) electrons. The van der Waals surface area contributed by atoms with Gasteiger partial charge in [-0.05, 0) is 36.2 Å². The van der Waals surface area contributed by atoms with Crippen molar-refractivity contribution >= 4 is 11.6 Å². The molecule has 1 aromatic rings. The van der Waals surface area contributed by atoms with E-state index in [-0.39, 0.29) is 5.41 Å². The number of benzene rings is 1. The second-order valence-electron chi connectivity index (χ2n) is 5.35. The van der Waals surface area contributed by atoms with Gasteiger partial charge in [0.1, 0.15) is 0 Å². The van der Waals surface area contributed by atoms with Crippen LogP contribution in [0, 0.1) is 11.3 Å². The number of rotatable bonds is 7. The molecule has 0 aliphatic heterocycles. The third-order valence-electron chi connectivity index (χ3n) is 3.80. The summed E-state index contributed by atoms with van der Waals surface area (Å²) in [6, 6.07) is 10.3. The highest BCUT2D eigenvalue weighted by Crippen LogP contribution is 2.48. The molecule has 1 fully saturated rings. The third-order valence-corrected chi connectivity index (χ3v) is 4.41. The summed E-state index contributed by atoms with van der Waals surface area (Å²) in [5.41, 5.74) is 1.53. The predicted molar refractivity (Wildman–Crippen MR) is 72.3 cm³/mol. The number of halogens is 1. The molecule has 1 saturated carbocycles. The molecule has 0 aromatic heterocycles. The molecule has 1 nitrogen and oxygen atoms in total. The van der Waals surface area contributed by atoms with Gasteiger partial charge in [0.05, 0.1) is 6.61 Å². The summed E-state index contributed by atoms with van der Waals surface area (Å²) in [4.78, 5) is 0. The first-order chi connectivity index (χ1) is 8.24. The summed E-state index contributed by atoms with van der Waals surface area (Å²) >= 11 is 6.08. The quantitative estimate of drug-likeness (QED) is 0.521. The van der Waals surface area contributed by atoms with Crippen molar-refractivity contribution in [2.24, 2.45) is 11.3 Å². The lowest BCUT2D eigenvalue weighted by molar-refractivity contribution is 0.0870. The number of ether oxygens (including phenoxy) is 1. The van der Waals surface area contributed by atoms with Crippen molar-refractivity contribution in [1.82, 2.24) is 0 Å². The largest absolute Gasteiger partial charge is 0.377 e. The van der Waals surface area contributed by atoms with E-state index < -0.39 is 0 Å². The summed E-state index contributed by atoms with van der Waals surface area (Å²) in [7, 11) is 0. The van der Waals surface area contributed by atoms with Crippen LogP contribution >= 0.6 is 11.6 Å². The van der Waals surface area contributed by atoms with E-state index >= 15 is 0 Å². The second-order valence-corrected chi connectivity index (χ2v) is 5.62. The Kier molecular flexibility index (Phi) is 4.47. The number of alkyl halides is 1. The average molecular weight is 253 g/mol. The fourth-order valence-corrected chi connectivity index (χ4v) is 2.58. The highest BCUT2D eigenvalue weighted by Gasteiger charge is 2.40. The van der Waals surface area contributed by atoms with Crippen LogP contribution in [0.25, 0.3) is 0 Å². The Labute approximate surface area is 109 Å². The fraction of sp³-hybridized carbons (Fsp3) is 0.600. The molecule has 1 unspecified atom stereocenters. The topological polar surface area (TPSA) is 9.23 Å². The van der Waals surface area contributed by atoms with Gasteiger partial charge in [-0.3, -0.25) is 0 Å². The maximum Gasteiger partial charge on any atom is 0.0716 e. The normalized spacial score (nSPS) is 18.9. The Morgan fingerprint density at radius 2 is 2.00 bits per heavy atom. The molecule has 0 saturated heterocycles. The predicted octanol–water partition coefficient (Wildman–Crippen LogP) is 4.25. The molecule has 0 N–H and O–H groups in total. The van der Waals surface area contributed by atoms with E-state index in [0.29, 0.717) is 6.61 Å². The Morgan fingerprint density at radius 1 is 1.29 bits per heavy atom. The standard InChI is InChI=1S/C15H21ClO/c1-15(12-16,14-7-8-14)9-10-17-11-13-5-3-2-4-6-13/h2-6,14H,7-12H2,1H3. The van der Waals surface area contributed by atoms with Crippen molar-refractivity contribution in [3.05, 3.63) is 35.9 Å². The first-order valence-corrected chi connectivity index (χ1v) is 6.96. The van der Waals surface area contributed by atoms with E-state index in [0.717, 1.165) is 24.8 Å². The van der Waals surface area contributed by atoms with E-state index in [1.54, 1.807) is 0 Å². The lowest BCUT2D eigenvalue weighted by Gasteiger charge is -2.26. The minimum Gasteiger partial charge on any atom is -0.377 e. The SMILES string of the molecule is CC(CCl)(CCOCc1ccccc1)C1CC1. The van der Waals surface area contributed by atoms with Crippen LogP contribution in [-0.2, 0) is 11.3 Å². The molecule has 1 aliphatic rings. The summed E-state index contributed by atoms with van der Waals surface area (Å²) in [5.74, 6) is 1.59. The molecule has 1 aromatic carbocycles. The van der Waals surface area contributed by atoms with Crippen LogP contribution < -0.4 is 0 Å². The van der Waals surface area contributed by atoms with Gasteiger partial charge < -0.3 is 4.74 Å². The Hall–Kier alpha value is -0.530. The van der Waals surface area contributed by atoms with Crippen LogP contribution in [0.4, 0.5) is 0 Å². The van der Waals surface area contributed by atoms with Crippen molar-refractivity contribution in [1.29, 1.82) is 0 Å². The molecule has 0 heterocycles. The smallest absolute Gasteiger partial charge is 0.0716 e. The molecule has 2 rings (SSSR count). The third kappa shape index (κ3) is 3.72. The van der Waals surface area contributed by atoms with Crippen LogP contribution in [0.5, 0.6) is 0 Å². The molecule has 0 spiro atoms. The van der Waals surface area contributed by atoms with Crippen molar-refractivity contribution < 1.29 is 4.74 Å². The van der Waals surface area contributed by atoms with Gasteiger partial charge in [-0.2, -0.15) is 0 Å². The maximum absolute atomic E-state index is 6.08.